The quantitative estimate of drug-likeness (QED) is 0.567. The lowest BCUT2D eigenvalue weighted by atomic mass is 10.1. The van der Waals surface area contributed by atoms with Crippen molar-refractivity contribution in [3.63, 3.8) is 0 Å². The summed E-state index contributed by atoms with van der Waals surface area (Å²) in [7, 11) is 0. The second-order valence-electron chi connectivity index (χ2n) is 3.59. The molecule has 1 fully saturated rings. The fraction of sp³-hybridized carbons (Fsp3) is 0.500. The smallest absolute Gasteiger partial charge is 0.0577 e. The maximum absolute atomic E-state index is 5.55. The monoisotopic (exact) mass is 178 g/mol. The van der Waals surface area contributed by atoms with E-state index in [-0.39, 0.29) is 0 Å². The maximum atomic E-state index is 5.55. The molecule has 0 radical (unpaired) electrons. The van der Waals surface area contributed by atoms with Crippen molar-refractivity contribution < 1.29 is 4.74 Å². The zero-order chi connectivity index (χ0) is 9.68. The fourth-order valence-electron chi connectivity index (χ4n) is 1.13. The summed E-state index contributed by atoms with van der Waals surface area (Å²) >= 11 is 0. The number of hydrogen-bond acceptors (Lipinski definition) is 1. The van der Waals surface area contributed by atoms with Crippen molar-refractivity contribution in [2.24, 2.45) is 0 Å². The molecule has 0 N–H and O–H groups in total. The molecule has 0 aliphatic heterocycles. The Balaban J connectivity index is 2.21. The predicted octanol–water partition coefficient (Wildman–Crippen LogP) is 3.24. The molecule has 0 spiro atoms. The van der Waals surface area contributed by atoms with E-state index in [2.05, 4.69) is 19.2 Å². The Kier molecular flexibility index (Phi) is 3.97. The molecule has 0 amide bonds. The summed E-state index contributed by atoms with van der Waals surface area (Å²) < 4.78 is 5.55. The zero-order valence-electron chi connectivity index (χ0n) is 8.38. The van der Waals surface area contributed by atoms with Crippen molar-refractivity contribution in [1.82, 2.24) is 0 Å². The Morgan fingerprint density at radius 3 is 2.69 bits per heavy atom. The number of ether oxygens (including phenoxy) is 1. The third-order valence-corrected chi connectivity index (χ3v) is 1.96. The van der Waals surface area contributed by atoms with Gasteiger partial charge in [0.15, 0.2) is 0 Å². The Bertz CT molecular complexity index is 221. The first-order valence-electron chi connectivity index (χ1n) is 4.82. The van der Waals surface area contributed by atoms with Gasteiger partial charge in [-0.3, -0.25) is 0 Å². The molecule has 0 aromatic carbocycles. The molecule has 1 rings (SSSR count). The van der Waals surface area contributed by atoms with Crippen LogP contribution in [0.1, 0.15) is 26.2 Å². The highest BCUT2D eigenvalue weighted by atomic mass is 16.5. The fourth-order valence-corrected chi connectivity index (χ4v) is 1.13. The van der Waals surface area contributed by atoms with Crippen LogP contribution < -0.4 is 0 Å². The Morgan fingerprint density at radius 2 is 2.23 bits per heavy atom. The van der Waals surface area contributed by atoms with Crippen molar-refractivity contribution in [1.29, 1.82) is 0 Å². The molecule has 1 aliphatic rings. The van der Waals surface area contributed by atoms with Crippen molar-refractivity contribution >= 4 is 0 Å². The maximum Gasteiger partial charge on any atom is 0.0577 e. The lowest BCUT2D eigenvalue weighted by molar-refractivity contribution is 0.123. The van der Waals surface area contributed by atoms with E-state index in [0.717, 1.165) is 18.6 Å². The molecule has 0 aromatic heterocycles. The summed E-state index contributed by atoms with van der Waals surface area (Å²) in [6.45, 7) is 10.4. The van der Waals surface area contributed by atoms with Gasteiger partial charge < -0.3 is 4.74 Å². The van der Waals surface area contributed by atoms with Gasteiger partial charge in [0, 0.05) is 0 Å². The number of hydrogen-bond donors (Lipinski definition) is 0. The molecule has 72 valence electrons. The highest BCUT2D eigenvalue weighted by Gasteiger charge is 2.21. The van der Waals surface area contributed by atoms with Gasteiger partial charge in [-0.15, -0.1) is 0 Å². The summed E-state index contributed by atoms with van der Waals surface area (Å²) in [5.41, 5.74) is 2.29. The van der Waals surface area contributed by atoms with Gasteiger partial charge >= 0.3 is 0 Å². The van der Waals surface area contributed by atoms with Crippen LogP contribution in [0.15, 0.2) is 36.5 Å². The van der Waals surface area contributed by atoms with Gasteiger partial charge in [-0.25, -0.2) is 0 Å². The van der Waals surface area contributed by atoms with E-state index in [0.29, 0.717) is 6.10 Å². The lowest BCUT2D eigenvalue weighted by Gasteiger charge is -2.03. The van der Waals surface area contributed by atoms with E-state index >= 15 is 0 Å². The van der Waals surface area contributed by atoms with Gasteiger partial charge in [-0.05, 0) is 31.8 Å². The van der Waals surface area contributed by atoms with Crippen LogP contribution in [0.4, 0.5) is 0 Å². The van der Waals surface area contributed by atoms with Gasteiger partial charge in [0.1, 0.15) is 0 Å². The SMILES string of the molecule is C=C/C(=C\C(=C)C)CCOC1CC1. The molecule has 0 atom stereocenters. The van der Waals surface area contributed by atoms with Crippen LogP contribution in [0.3, 0.4) is 0 Å². The second-order valence-corrected chi connectivity index (χ2v) is 3.59. The van der Waals surface area contributed by atoms with Gasteiger partial charge in [0.05, 0.1) is 12.7 Å². The molecule has 0 saturated heterocycles. The molecule has 1 heteroatoms. The molecule has 0 unspecified atom stereocenters. The van der Waals surface area contributed by atoms with Gasteiger partial charge in [-0.2, -0.15) is 0 Å². The van der Waals surface area contributed by atoms with Gasteiger partial charge in [0.25, 0.3) is 0 Å². The summed E-state index contributed by atoms with van der Waals surface area (Å²) in [5, 5.41) is 0. The third-order valence-electron chi connectivity index (χ3n) is 1.96. The highest BCUT2D eigenvalue weighted by Crippen LogP contribution is 2.23. The Hall–Kier alpha value is -0.820. The molecule has 0 bridgehead atoms. The number of allylic oxidation sites excluding steroid dienone is 3. The summed E-state index contributed by atoms with van der Waals surface area (Å²) in [6, 6.07) is 0. The average molecular weight is 178 g/mol. The van der Waals surface area contributed by atoms with Gasteiger partial charge in [0.2, 0.25) is 0 Å². The second kappa shape index (κ2) is 5.03. The van der Waals surface area contributed by atoms with Crippen molar-refractivity contribution in [2.45, 2.75) is 32.3 Å². The first kappa shape index (κ1) is 10.3. The minimum Gasteiger partial charge on any atom is -0.378 e. The van der Waals surface area contributed by atoms with Crippen molar-refractivity contribution in [3.8, 4) is 0 Å². The zero-order valence-corrected chi connectivity index (χ0v) is 8.38. The molecule has 1 saturated carbocycles. The minimum absolute atomic E-state index is 0.552. The molecule has 1 nitrogen and oxygen atoms in total. The largest absolute Gasteiger partial charge is 0.378 e. The molecule has 13 heavy (non-hydrogen) atoms. The van der Waals surface area contributed by atoms with E-state index in [1.807, 2.05) is 13.0 Å². The van der Waals surface area contributed by atoms with E-state index in [9.17, 15) is 0 Å². The molecule has 0 heterocycles. The summed E-state index contributed by atoms with van der Waals surface area (Å²) in [6.07, 6.45) is 7.93. The average Bonchev–Trinajstić information content (AvgIpc) is 2.85. The first-order valence-corrected chi connectivity index (χ1v) is 4.82. The number of rotatable bonds is 6. The topological polar surface area (TPSA) is 9.23 Å². The van der Waals surface area contributed by atoms with Crippen LogP contribution in [0, 0.1) is 0 Å². The standard InChI is InChI=1S/C12H18O/c1-4-11(9-10(2)3)7-8-13-12-5-6-12/h4,9,12H,1-2,5-8H2,3H3/b11-9+. The summed E-state index contributed by atoms with van der Waals surface area (Å²) in [4.78, 5) is 0. The lowest BCUT2D eigenvalue weighted by Crippen LogP contribution is -1.97. The van der Waals surface area contributed by atoms with E-state index in [1.54, 1.807) is 0 Å². The Morgan fingerprint density at radius 1 is 1.54 bits per heavy atom. The third kappa shape index (κ3) is 4.69. The van der Waals surface area contributed by atoms with Crippen LogP contribution in [0.2, 0.25) is 0 Å². The van der Waals surface area contributed by atoms with Crippen LogP contribution >= 0.6 is 0 Å². The first-order chi connectivity index (χ1) is 6.22. The highest BCUT2D eigenvalue weighted by molar-refractivity contribution is 5.26. The van der Waals surface area contributed by atoms with E-state index in [1.165, 1.54) is 18.4 Å². The van der Waals surface area contributed by atoms with E-state index in [4.69, 9.17) is 4.74 Å². The molecule has 1 aliphatic carbocycles. The molecular formula is C12H18O. The van der Waals surface area contributed by atoms with Crippen molar-refractivity contribution in [3.05, 3.63) is 36.5 Å². The minimum atomic E-state index is 0.552. The Labute approximate surface area is 80.8 Å². The predicted molar refractivity (Wildman–Crippen MR) is 56.7 cm³/mol. The molecular weight excluding hydrogens is 160 g/mol. The van der Waals surface area contributed by atoms with Crippen LogP contribution in [0.25, 0.3) is 0 Å². The van der Waals surface area contributed by atoms with Crippen molar-refractivity contribution in [2.75, 3.05) is 6.61 Å². The summed E-state index contributed by atoms with van der Waals surface area (Å²) in [5.74, 6) is 0. The van der Waals surface area contributed by atoms with Crippen LogP contribution in [-0.4, -0.2) is 12.7 Å². The normalized spacial score (nSPS) is 17.2. The molecule has 0 aromatic rings. The van der Waals surface area contributed by atoms with Gasteiger partial charge in [-0.1, -0.05) is 30.9 Å². The van der Waals surface area contributed by atoms with Crippen LogP contribution in [-0.2, 0) is 4.74 Å². The van der Waals surface area contributed by atoms with E-state index < -0.39 is 0 Å². The van der Waals surface area contributed by atoms with Crippen LogP contribution in [0.5, 0.6) is 0 Å².